The van der Waals surface area contributed by atoms with Crippen LogP contribution in [-0.2, 0) is 4.79 Å². The molecule has 3 N–H and O–H groups in total. The minimum Gasteiger partial charge on any atom is -0.463 e. The first kappa shape index (κ1) is 13.8. The van der Waals surface area contributed by atoms with Crippen LogP contribution >= 0.6 is 0 Å². The summed E-state index contributed by atoms with van der Waals surface area (Å²) < 4.78 is 5.28. The molecule has 2 aromatic rings. The highest BCUT2D eigenvalue weighted by Crippen LogP contribution is 2.13. The van der Waals surface area contributed by atoms with Crippen LogP contribution in [-0.4, -0.2) is 12.5 Å². The molecule has 1 aromatic heterocycles. The summed E-state index contributed by atoms with van der Waals surface area (Å²) in [5.74, 6) is 0.682. The summed E-state index contributed by atoms with van der Waals surface area (Å²) in [6.07, 6.45) is 1.61. The molecular weight excluding hydrogens is 254 g/mol. The highest BCUT2D eigenvalue weighted by Gasteiger charge is 2.14. The van der Waals surface area contributed by atoms with Gasteiger partial charge in [0.1, 0.15) is 12.1 Å². The fraction of sp³-hybridized carbons (Fsp3) is 0.200. The van der Waals surface area contributed by atoms with Gasteiger partial charge in [-0.25, -0.2) is 0 Å². The van der Waals surface area contributed by atoms with Crippen LogP contribution in [0.5, 0.6) is 0 Å². The zero-order chi connectivity index (χ0) is 14.4. The van der Waals surface area contributed by atoms with Crippen LogP contribution in [0.1, 0.15) is 24.3 Å². The van der Waals surface area contributed by atoms with Gasteiger partial charge >= 0.3 is 0 Å². The maximum absolute atomic E-state index is 11.9. The van der Waals surface area contributed by atoms with Crippen molar-refractivity contribution in [2.24, 2.45) is 0 Å². The standard InChI is InChI=1S/C15H15N3O2/c1-11(14-7-4-8-20-14)17-10-15(19)18-13-6-3-2-5-12(13)9-16/h2-8,11,17H,10H2,1H3,(H,18,19)/p+1/t11-/m1/s1. The topological polar surface area (TPSA) is 82.6 Å². The molecule has 5 nitrogen and oxygen atoms in total. The Hall–Kier alpha value is -2.58. The molecule has 0 aliphatic carbocycles. The quantitative estimate of drug-likeness (QED) is 0.861. The van der Waals surface area contributed by atoms with E-state index in [0.29, 0.717) is 11.3 Å². The molecule has 2 rings (SSSR count). The number of furan rings is 1. The number of quaternary nitrogens is 1. The van der Waals surface area contributed by atoms with Gasteiger partial charge in [0.25, 0.3) is 5.91 Å². The number of carbonyl (C=O) groups excluding carboxylic acids is 1. The summed E-state index contributed by atoms with van der Waals surface area (Å²) >= 11 is 0. The van der Waals surface area contributed by atoms with E-state index >= 15 is 0 Å². The summed E-state index contributed by atoms with van der Waals surface area (Å²) in [6.45, 7) is 2.23. The Labute approximate surface area is 117 Å². The van der Waals surface area contributed by atoms with E-state index in [1.165, 1.54) is 0 Å². The van der Waals surface area contributed by atoms with Crippen molar-refractivity contribution in [2.45, 2.75) is 13.0 Å². The van der Waals surface area contributed by atoms with Gasteiger partial charge in [0.15, 0.2) is 12.3 Å². The highest BCUT2D eigenvalue weighted by atomic mass is 16.3. The summed E-state index contributed by atoms with van der Waals surface area (Å²) in [5, 5.41) is 13.6. The van der Waals surface area contributed by atoms with Gasteiger partial charge in [0, 0.05) is 0 Å². The van der Waals surface area contributed by atoms with E-state index < -0.39 is 0 Å². The summed E-state index contributed by atoms with van der Waals surface area (Å²) in [7, 11) is 0. The van der Waals surface area contributed by atoms with Gasteiger partial charge in [-0.3, -0.25) is 4.79 Å². The number of nitrogens with one attached hydrogen (secondary N) is 1. The van der Waals surface area contributed by atoms with Gasteiger partial charge in [-0.1, -0.05) is 12.1 Å². The van der Waals surface area contributed by atoms with E-state index in [4.69, 9.17) is 9.68 Å². The second-order valence-corrected chi connectivity index (χ2v) is 4.45. The third-order valence-corrected chi connectivity index (χ3v) is 2.97. The van der Waals surface area contributed by atoms with Gasteiger partial charge in [0.2, 0.25) is 0 Å². The molecule has 1 heterocycles. The maximum Gasteiger partial charge on any atom is 0.279 e. The molecule has 0 saturated carbocycles. The van der Waals surface area contributed by atoms with Gasteiger partial charge in [0.05, 0.1) is 17.5 Å². The molecular formula is C15H16N3O2+. The zero-order valence-electron chi connectivity index (χ0n) is 11.2. The number of carbonyl (C=O) groups is 1. The molecule has 1 aromatic carbocycles. The van der Waals surface area contributed by atoms with Crippen LogP contribution in [0.2, 0.25) is 0 Å². The van der Waals surface area contributed by atoms with Crippen molar-refractivity contribution in [2.75, 3.05) is 11.9 Å². The zero-order valence-corrected chi connectivity index (χ0v) is 11.2. The van der Waals surface area contributed by atoms with Gasteiger partial charge in [-0.2, -0.15) is 5.26 Å². The van der Waals surface area contributed by atoms with E-state index in [1.54, 1.807) is 30.5 Å². The van der Waals surface area contributed by atoms with E-state index in [1.807, 2.05) is 30.4 Å². The van der Waals surface area contributed by atoms with Crippen LogP contribution in [0.25, 0.3) is 0 Å². The first-order valence-corrected chi connectivity index (χ1v) is 6.36. The fourth-order valence-corrected chi connectivity index (χ4v) is 1.84. The number of amides is 1. The SMILES string of the molecule is C[C@@H]([NH2+]CC(=O)Nc1ccccc1C#N)c1ccco1. The second-order valence-electron chi connectivity index (χ2n) is 4.45. The Bertz CT molecular complexity index is 614. The predicted molar refractivity (Wildman–Crippen MR) is 73.7 cm³/mol. The molecule has 102 valence electrons. The molecule has 5 heteroatoms. The smallest absolute Gasteiger partial charge is 0.279 e. The molecule has 0 saturated heterocycles. The van der Waals surface area contributed by atoms with Crippen LogP contribution in [0.15, 0.2) is 47.1 Å². The minimum atomic E-state index is -0.147. The Morgan fingerprint density at radius 3 is 2.90 bits per heavy atom. The third-order valence-electron chi connectivity index (χ3n) is 2.97. The number of hydrogen-bond donors (Lipinski definition) is 2. The molecule has 0 radical (unpaired) electrons. The lowest BCUT2D eigenvalue weighted by atomic mass is 10.2. The first-order valence-electron chi connectivity index (χ1n) is 6.36. The number of para-hydroxylation sites is 1. The lowest BCUT2D eigenvalue weighted by molar-refractivity contribution is -0.684. The second kappa shape index (κ2) is 6.55. The summed E-state index contributed by atoms with van der Waals surface area (Å²) in [6, 6.07) is 12.8. The number of benzene rings is 1. The molecule has 1 amide bonds. The molecule has 1 atom stereocenters. The van der Waals surface area contributed by atoms with E-state index in [0.717, 1.165) is 5.76 Å². The Morgan fingerprint density at radius 2 is 2.20 bits per heavy atom. The molecule has 0 bridgehead atoms. The van der Waals surface area contributed by atoms with E-state index in [2.05, 4.69) is 5.32 Å². The average Bonchev–Trinajstić information content (AvgIpc) is 2.99. The largest absolute Gasteiger partial charge is 0.463 e. The average molecular weight is 270 g/mol. The normalized spacial score (nSPS) is 11.6. The first-order chi connectivity index (χ1) is 9.70. The van der Waals surface area contributed by atoms with E-state index in [9.17, 15) is 4.79 Å². The Kier molecular flexibility index (Phi) is 4.53. The van der Waals surface area contributed by atoms with Crippen LogP contribution in [0.4, 0.5) is 5.69 Å². The number of nitrogens with zero attached hydrogens (tertiary/aromatic N) is 1. The van der Waals surface area contributed by atoms with Gasteiger partial charge in [-0.05, 0) is 31.2 Å². The lowest BCUT2D eigenvalue weighted by Crippen LogP contribution is -2.86. The van der Waals surface area contributed by atoms with Gasteiger partial charge in [-0.15, -0.1) is 0 Å². The number of nitriles is 1. The number of nitrogens with two attached hydrogens (primary N) is 1. The maximum atomic E-state index is 11.9. The molecule has 0 aliphatic rings. The van der Waals surface area contributed by atoms with Crippen LogP contribution in [0.3, 0.4) is 0 Å². The highest BCUT2D eigenvalue weighted by molar-refractivity contribution is 5.92. The lowest BCUT2D eigenvalue weighted by Gasteiger charge is -2.09. The van der Waals surface area contributed by atoms with Crippen LogP contribution in [0, 0.1) is 11.3 Å². The van der Waals surface area contributed by atoms with Crippen molar-refractivity contribution in [3.63, 3.8) is 0 Å². The molecule has 0 fully saturated rings. The minimum absolute atomic E-state index is 0.0713. The van der Waals surface area contributed by atoms with Crippen molar-refractivity contribution in [1.29, 1.82) is 5.26 Å². The third kappa shape index (κ3) is 3.46. The van der Waals surface area contributed by atoms with Crippen molar-refractivity contribution < 1.29 is 14.5 Å². The predicted octanol–water partition coefficient (Wildman–Crippen LogP) is 1.41. The number of anilines is 1. The van der Waals surface area contributed by atoms with Crippen molar-refractivity contribution in [3.05, 3.63) is 54.0 Å². The molecule has 20 heavy (non-hydrogen) atoms. The Morgan fingerprint density at radius 1 is 1.40 bits per heavy atom. The molecule has 0 spiro atoms. The van der Waals surface area contributed by atoms with Crippen molar-refractivity contribution in [1.82, 2.24) is 0 Å². The summed E-state index contributed by atoms with van der Waals surface area (Å²) in [5.41, 5.74) is 0.999. The van der Waals surface area contributed by atoms with Crippen LogP contribution < -0.4 is 10.6 Å². The van der Waals surface area contributed by atoms with E-state index in [-0.39, 0.29) is 18.5 Å². The molecule has 0 aliphatic heterocycles. The van der Waals surface area contributed by atoms with Crippen molar-refractivity contribution in [3.8, 4) is 6.07 Å². The number of rotatable bonds is 5. The molecule has 0 unspecified atom stereocenters. The summed E-state index contributed by atoms with van der Waals surface area (Å²) in [4.78, 5) is 11.9. The fourth-order valence-electron chi connectivity index (χ4n) is 1.84. The number of hydrogen-bond acceptors (Lipinski definition) is 3. The van der Waals surface area contributed by atoms with Crippen molar-refractivity contribution >= 4 is 11.6 Å². The monoisotopic (exact) mass is 270 g/mol. The van der Waals surface area contributed by atoms with Gasteiger partial charge < -0.3 is 15.1 Å². The Balaban J connectivity index is 1.88.